The standard InChI is InChI=1S/C18H33N6O11P3/c1-4-7-24(17-15(19)16(21-18(20)22-17)23(3)12-5-6-12)9-14-11(2)8-13(33-14)10-32-37(28,29)35-38(30,31)34-36(25,26)27/h4,11-14H,1,5-10,19H2,2-3H3,(H,28,29)(H,30,31)(H2,20,21,22)(H2,25,26,27)/t11-,13?,14-/m0/s1. The van der Waals surface area contributed by atoms with Crippen molar-refractivity contribution in [3.05, 3.63) is 12.7 Å². The minimum Gasteiger partial charge on any atom is -0.393 e. The molecule has 0 amide bonds. The van der Waals surface area contributed by atoms with Gasteiger partial charge in [0.1, 0.15) is 5.69 Å². The van der Waals surface area contributed by atoms with E-state index < -0.39 is 42.3 Å². The van der Waals surface area contributed by atoms with Gasteiger partial charge in [0.2, 0.25) is 5.95 Å². The number of phosphoric ester groups is 1. The normalized spacial score (nSPS) is 24.9. The van der Waals surface area contributed by atoms with Gasteiger partial charge in [-0.1, -0.05) is 13.0 Å². The molecule has 1 saturated carbocycles. The summed E-state index contributed by atoms with van der Waals surface area (Å²) >= 11 is 0. The van der Waals surface area contributed by atoms with Crippen LogP contribution in [0.4, 0.5) is 23.3 Å². The molecule has 8 N–H and O–H groups in total. The molecule has 3 unspecified atom stereocenters. The van der Waals surface area contributed by atoms with Crippen LogP contribution in [-0.2, 0) is 31.6 Å². The van der Waals surface area contributed by atoms with Gasteiger partial charge in [0.25, 0.3) is 0 Å². The maximum atomic E-state index is 12.0. The fraction of sp³-hybridized carbons (Fsp3) is 0.667. The van der Waals surface area contributed by atoms with Crippen LogP contribution in [0.5, 0.6) is 0 Å². The maximum Gasteiger partial charge on any atom is 0.490 e. The van der Waals surface area contributed by atoms with Gasteiger partial charge in [0.15, 0.2) is 11.6 Å². The monoisotopic (exact) mass is 602 g/mol. The largest absolute Gasteiger partial charge is 0.490 e. The van der Waals surface area contributed by atoms with Crippen LogP contribution in [0.15, 0.2) is 12.7 Å². The van der Waals surface area contributed by atoms with Crippen molar-refractivity contribution in [2.75, 3.05) is 48.0 Å². The number of ether oxygens (including phenoxy) is 1. The number of hydrogen-bond acceptors (Lipinski definition) is 13. The summed E-state index contributed by atoms with van der Waals surface area (Å²) in [5, 5.41) is 0. The van der Waals surface area contributed by atoms with Crippen molar-refractivity contribution >= 4 is 46.7 Å². The Bertz CT molecular complexity index is 1170. The molecule has 38 heavy (non-hydrogen) atoms. The molecule has 216 valence electrons. The number of phosphoric acid groups is 3. The molecule has 1 aromatic rings. The lowest BCUT2D eigenvalue weighted by molar-refractivity contribution is 0.00907. The highest BCUT2D eigenvalue weighted by atomic mass is 31.3. The average molecular weight is 602 g/mol. The van der Waals surface area contributed by atoms with E-state index >= 15 is 0 Å². The number of hydrogen-bond donors (Lipinski definition) is 6. The van der Waals surface area contributed by atoms with Crippen LogP contribution >= 0.6 is 23.5 Å². The fourth-order valence-electron chi connectivity index (χ4n) is 4.04. The Kier molecular flexibility index (Phi) is 9.66. The van der Waals surface area contributed by atoms with E-state index in [4.69, 9.17) is 30.5 Å². The van der Waals surface area contributed by atoms with E-state index in [0.29, 0.717) is 42.9 Å². The third-order valence-corrected chi connectivity index (χ3v) is 9.68. The highest BCUT2D eigenvalue weighted by molar-refractivity contribution is 7.66. The molecule has 1 aliphatic carbocycles. The van der Waals surface area contributed by atoms with E-state index in [9.17, 15) is 23.5 Å². The summed E-state index contributed by atoms with van der Waals surface area (Å²) in [5.41, 5.74) is 12.8. The van der Waals surface area contributed by atoms with Gasteiger partial charge in [0.05, 0.1) is 18.8 Å². The van der Waals surface area contributed by atoms with Crippen molar-refractivity contribution in [2.24, 2.45) is 5.92 Å². The van der Waals surface area contributed by atoms with Gasteiger partial charge in [-0.25, -0.2) is 13.7 Å². The zero-order chi connectivity index (χ0) is 28.5. The number of aromatic nitrogens is 2. The minimum atomic E-state index is -5.60. The molecule has 0 aromatic carbocycles. The molecule has 0 radical (unpaired) electrons. The summed E-state index contributed by atoms with van der Waals surface area (Å²) in [5.74, 6) is 0.927. The van der Waals surface area contributed by atoms with E-state index in [0.717, 1.165) is 12.8 Å². The maximum absolute atomic E-state index is 12.0. The van der Waals surface area contributed by atoms with Crippen molar-refractivity contribution in [3.63, 3.8) is 0 Å². The molecule has 17 nitrogen and oxygen atoms in total. The first-order valence-electron chi connectivity index (χ1n) is 11.5. The highest BCUT2D eigenvalue weighted by Crippen LogP contribution is 2.66. The van der Waals surface area contributed by atoms with Crippen LogP contribution in [-0.4, -0.2) is 74.5 Å². The van der Waals surface area contributed by atoms with Crippen LogP contribution in [0.1, 0.15) is 26.2 Å². The second-order valence-electron chi connectivity index (χ2n) is 9.07. The number of anilines is 4. The Balaban J connectivity index is 1.66. The topological polar surface area (TPSA) is 253 Å². The molecule has 1 saturated heterocycles. The Morgan fingerprint density at radius 3 is 2.32 bits per heavy atom. The van der Waals surface area contributed by atoms with Crippen molar-refractivity contribution in [1.82, 2.24) is 9.97 Å². The predicted octanol–water partition coefficient (Wildman–Crippen LogP) is 1.37. The van der Waals surface area contributed by atoms with Gasteiger partial charge in [-0.3, -0.25) is 4.52 Å². The first kappa shape index (κ1) is 30.9. The van der Waals surface area contributed by atoms with E-state index in [1.165, 1.54) is 0 Å². The quantitative estimate of drug-likeness (QED) is 0.130. The van der Waals surface area contributed by atoms with Gasteiger partial charge >= 0.3 is 23.5 Å². The van der Waals surface area contributed by atoms with Crippen LogP contribution in [0.2, 0.25) is 0 Å². The Hall–Kier alpha value is -1.61. The van der Waals surface area contributed by atoms with Crippen molar-refractivity contribution in [2.45, 2.75) is 44.4 Å². The molecular formula is C18H33N6O11P3. The number of rotatable bonds is 14. The van der Waals surface area contributed by atoms with Crippen molar-refractivity contribution in [1.29, 1.82) is 0 Å². The molecule has 1 aromatic heterocycles. The molecule has 5 atom stereocenters. The summed E-state index contributed by atoms with van der Waals surface area (Å²) in [6, 6.07) is 0.334. The van der Waals surface area contributed by atoms with Crippen LogP contribution < -0.4 is 21.3 Å². The molecule has 2 heterocycles. The lowest BCUT2D eigenvalue weighted by Crippen LogP contribution is -2.37. The third kappa shape index (κ3) is 8.70. The minimum absolute atomic E-state index is 0.0556. The summed E-state index contributed by atoms with van der Waals surface area (Å²) in [6.07, 6.45) is 2.98. The van der Waals surface area contributed by atoms with E-state index in [-0.39, 0.29) is 11.9 Å². The molecule has 0 bridgehead atoms. The van der Waals surface area contributed by atoms with E-state index in [1.807, 2.05) is 23.8 Å². The van der Waals surface area contributed by atoms with Crippen LogP contribution in [0, 0.1) is 5.92 Å². The van der Waals surface area contributed by atoms with Gasteiger partial charge < -0.3 is 45.6 Å². The molecule has 1 aliphatic heterocycles. The van der Waals surface area contributed by atoms with Gasteiger partial charge in [-0.15, -0.1) is 6.58 Å². The third-order valence-electron chi connectivity index (χ3n) is 5.88. The zero-order valence-corrected chi connectivity index (χ0v) is 23.5. The fourth-order valence-corrected chi connectivity index (χ4v) is 7.09. The molecule has 2 aliphatic rings. The van der Waals surface area contributed by atoms with Crippen LogP contribution in [0.25, 0.3) is 0 Å². The lowest BCUT2D eigenvalue weighted by atomic mass is 10.0. The SMILES string of the molecule is C=CCN(C[C@@H]1OC(COP(=O)(O)OP(=O)(O)OP(=O)(O)O)C[C@@H]1C)c1nc(N)nc(N(C)C2CC2)c1N. The smallest absolute Gasteiger partial charge is 0.393 e. The molecule has 0 spiro atoms. The Morgan fingerprint density at radius 1 is 1.11 bits per heavy atom. The summed E-state index contributed by atoms with van der Waals surface area (Å²) in [7, 11) is -14.4. The predicted molar refractivity (Wildman–Crippen MR) is 137 cm³/mol. The zero-order valence-electron chi connectivity index (χ0n) is 20.8. The first-order chi connectivity index (χ1) is 17.5. The summed E-state index contributed by atoms with van der Waals surface area (Å²) in [4.78, 5) is 48.6. The average Bonchev–Trinajstić information content (AvgIpc) is 3.54. The van der Waals surface area contributed by atoms with Gasteiger partial charge in [-0.2, -0.15) is 18.6 Å². The number of nitrogens with two attached hydrogens (primary N) is 2. The van der Waals surface area contributed by atoms with Gasteiger partial charge in [-0.05, 0) is 25.2 Å². The highest BCUT2D eigenvalue weighted by Gasteiger charge is 2.42. The molecular weight excluding hydrogens is 569 g/mol. The second kappa shape index (κ2) is 11.9. The molecule has 20 heteroatoms. The summed E-state index contributed by atoms with van der Waals surface area (Å²) < 4.78 is 52.4. The van der Waals surface area contributed by atoms with E-state index in [1.54, 1.807) is 6.08 Å². The Labute approximate surface area is 219 Å². The second-order valence-corrected chi connectivity index (χ2v) is 13.5. The molecule has 2 fully saturated rings. The first-order valence-corrected chi connectivity index (χ1v) is 16.0. The number of nitrogen functional groups attached to an aromatic ring is 2. The van der Waals surface area contributed by atoms with Crippen molar-refractivity contribution in [3.8, 4) is 0 Å². The van der Waals surface area contributed by atoms with Crippen molar-refractivity contribution < 1.29 is 51.2 Å². The molecule has 3 rings (SSSR count). The Morgan fingerprint density at radius 2 is 1.74 bits per heavy atom. The lowest BCUT2D eigenvalue weighted by Gasteiger charge is -2.30. The number of nitrogens with zero attached hydrogens (tertiary/aromatic N) is 4. The van der Waals surface area contributed by atoms with Gasteiger partial charge in [0, 0.05) is 26.2 Å². The summed E-state index contributed by atoms with van der Waals surface area (Å²) in [6.45, 7) is 5.81. The van der Waals surface area contributed by atoms with E-state index in [2.05, 4.69) is 25.2 Å². The van der Waals surface area contributed by atoms with Crippen LogP contribution in [0.3, 0.4) is 0 Å².